The molecule has 0 saturated carbocycles. The minimum Gasteiger partial charge on any atom is -0.459 e. The molecule has 1 amide bonds. The van der Waals surface area contributed by atoms with Crippen LogP contribution in [0.5, 0.6) is 0 Å². The van der Waals surface area contributed by atoms with E-state index in [1.54, 1.807) is 23.5 Å². The number of piperidine rings is 1. The Morgan fingerprint density at radius 1 is 1.22 bits per heavy atom. The van der Waals surface area contributed by atoms with Crippen molar-refractivity contribution in [2.24, 2.45) is 0 Å². The van der Waals surface area contributed by atoms with Crippen LogP contribution in [0.1, 0.15) is 51.9 Å². The van der Waals surface area contributed by atoms with Crippen LogP contribution in [0.15, 0.2) is 53.4 Å². The Labute approximate surface area is 163 Å². The van der Waals surface area contributed by atoms with Crippen molar-refractivity contribution in [1.82, 2.24) is 9.88 Å². The van der Waals surface area contributed by atoms with E-state index in [-0.39, 0.29) is 11.9 Å². The summed E-state index contributed by atoms with van der Waals surface area (Å²) in [5, 5.41) is 3.96. The quantitative estimate of drug-likeness (QED) is 0.685. The van der Waals surface area contributed by atoms with E-state index in [1.165, 1.54) is 36.0 Å². The smallest absolute Gasteiger partial charge is 0.291 e. The van der Waals surface area contributed by atoms with E-state index in [2.05, 4.69) is 40.3 Å². The van der Waals surface area contributed by atoms with Crippen molar-refractivity contribution in [2.75, 3.05) is 18.4 Å². The first-order valence-electron chi connectivity index (χ1n) is 9.31. The summed E-state index contributed by atoms with van der Waals surface area (Å²) in [6.45, 7) is 4.21. The van der Waals surface area contributed by atoms with Crippen LogP contribution in [0.3, 0.4) is 0 Å². The molecular weight excluding hydrogens is 358 g/mol. The Morgan fingerprint density at radius 2 is 2.00 bits per heavy atom. The lowest BCUT2D eigenvalue weighted by atomic mass is 9.96. The molecule has 1 fully saturated rings. The molecule has 27 heavy (non-hydrogen) atoms. The summed E-state index contributed by atoms with van der Waals surface area (Å²) in [6, 6.07) is 9.87. The fourth-order valence-corrected chi connectivity index (χ4v) is 4.66. The predicted molar refractivity (Wildman–Crippen MR) is 107 cm³/mol. The van der Waals surface area contributed by atoms with E-state index in [0.29, 0.717) is 5.76 Å². The van der Waals surface area contributed by atoms with Gasteiger partial charge in [-0.3, -0.25) is 14.7 Å². The lowest BCUT2D eigenvalue weighted by molar-refractivity contribution is 0.0996. The monoisotopic (exact) mass is 381 g/mol. The maximum atomic E-state index is 12.6. The minimum atomic E-state index is -0.213. The molecule has 1 aliphatic rings. The third kappa shape index (κ3) is 3.96. The molecule has 3 aromatic rings. The van der Waals surface area contributed by atoms with Gasteiger partial charge in [0.2, 0.25) is 0 Å². The van der Waals surface area contributed by atoms with Gasteiger partial charge in [0.05, 0.1) is 12.3 Å². The third-order valence-electron chi connectivity index (χ3n) is 4.93. The second-order valence-corrected chi connectivity index (χ2v) is 8.11. The summed E-state index contributed by atoms with van der Waals surface area (Å²) in [7, 11) is 0. The molecule has 4 rings (SSSR count). The molecule has 1 N–H and O–H groups in total. The van der Waals surface area contributed by atoms with Crippen molar-refractivity contribution in [3.05, 3.63) is 70.8 Å². The van der Waals surface area contributed by atoms with Gasteiger partial charge in [-0.25, -0.2) is 0 Å². The van der Waals surface area contributed by atoms with Gasteiger partial charge in [-0.15, -0.1) is 11.3 Å². The predicted octanol–water partition coefficient (Wildman–Crippen LogP) is 4.87. The van der Waals surface area contributed by atoms with Gasteiger partial charge in [-0.05, 0) is 68.8 Å². The van der Waals surface area contributed by atoms with Crippen molar-refractivity contribution in [2.45, 2.75) is 32.2 Å². The zero-order valence-electron chi connectivity index (χ0n) is 15.4. The van der Waals surface area contributed by atoms with Crippen molar-refractivity contribution in [3.63, 3.8) is 0 Å². The molecule has 1 atom stereocenters. The molecule has 0 aromatic carbocycles. The molecule has 1 saturated heterocycles. The number of pyridine rings is 1. The van der Waals surface area contributed by atoms with E-state index in [1.807, 2.05) is 12.4 Å². The number of anilines is 1. The highest BCUT2D eigenvalue weighted by molar-refractivity contribution is 7.16. The van der Waals surface area contributed by atoms with E-state index in [9.17, 15) is 4.79 Å². The molecule has 0 bridgehead atoms. The number of carbonyl (C=O) groups is 1. The number of amides is 1. The van der Waals surface area contributed by atoms with Gasteiger partial charge in [0.1, 0.15) is 5.00 Å². The van der Waals surface area contributed by atoms with E-state index < -0.39 is 0 Å². The minimum absolute atomic E-state index is 0.116. The number of likely N-dealkylation sites (tertiary alicyclic amines) is 1. The number of nitrogens with zero attached hydrogens (tertiary/aromatic N) is 2. The number of hydrogen-bond donors (Lipinski definition) is 1. The van der Waals surface area contributed by atoms with Crippen LogP contribution in [0, 0.1) is 6.92 Å². The fourth-order valence-electron chi connectivity index (χ4n) is 3.72. The zero-order valence-corrected chi connectivity index (χ0v) is 16.2. The first-order chi connectivity index (χ1) is 13.2. The maximum absolute atomic E-state index is 12.6. The second-order valence-electron chi connectivity index (χ2n) is 6.85. The van der Waals surface area contributed by atoms with Crippen molar-refractivity contribution in [3.8, 4) is 0 Å². The van der Waals surface area contributed by atoms with E-state index in [4.69, 9.17) is 4.42 Å². The number of furan rings is 1. The molecule has 0 radical (unpaired) electrons. The lowest BCUT2D eigenvalue weighted by Gasteiger charge is -2.35. The Kier molecular flexibility index (Phi) is 5.36. The van der Waals surface area contributed by atoms with Gasteiger partial charge in [0, 0.05) is 22.8 Å². The Bertz CT molecular complexity index is 884. The first-order valence-corrected chi connectivity index (χ1v) is 10.1. The standard InChI is InChI=1S/C21H23N3O2S/c1-15-14-17(21(27-15)23-20(25)18-6-5-13-26-18)19(16-7-9-22-10-8-16)24-11-3-2-4-12-24/h5-10,13-14,19H,2-4,11-12H2,1H3,(H,23,25). The fraction of sp³-hybridized carbons (Fsp3) is 0.333. The van der Waals surface area contributed by atoms with Crippen LogP contribution in [0.2, 0.25) is 0 Å². The van der Waals surface area contributed by atoms with Gasteiger partial charge < -0.3 is 9.73 Å². The number of carbonyl (C=O) groups excluding carboxylic acids is 1. The molecular formula is C21H23N3O2S. The number of rotatable bonds is 5. The van der Waals surface area contributed by atoms with Crippen molar-refractivity contribution < 1.29 is 9.21 Å². The van der Waals surface area contributed by atoms with Crippen molar-refractivity contribution in [1.29, 1.82) is 0 Å². The molecule has 0 spiro atoms. The number of nitrogens with one attached hydrogen (secondary N) is 1. The van der Waals surface area contributed by atoms with E-state index in [0.717, 1.165) is 23.7 Å². The van der Waals surface area contributed by atoms with Crippen LogP contribution < -0.4 is 5.32 Å². The average Bonchev–Trinajstić information content (AvgIpc) is 3.34. The van der Waals surface area contributed by atoms with Crippen LogP contribution in [0.4, 0.5) is 5.00 Å². The molecule has 1 unspecified atom stereocenters. The second kappa shape index (κ2) is 8.06. The van der Waals surface area contributed by atoms with Gasteiger partial charge >= 0.3 is 0 Å². The number of thiophene rings is 1. The molecule has 1 aliphatic heterocycles. The molecule has 5 nitrogen and oxygen atoms in total. The molecule has 6 heteroatoms. The Morgan fingerprint density at radius 3 is 2.70 bits per heavy atom. The van der Waals surface area contributed by atoms with Crippen LogP contribution in [-0.2, 0) is 0 Å². The Balaban J connectivity index is 1.70. The zero-order chi connectivity index (χ0) is 18.6. The van der Waals surface area contributed by atoms with Crippen LogP contribution in [0.25, 0.3) is 0 Å². The number of aryl methyl sites for hydroxylation is 1. The van der Waals surface area contributed by atoms with Gasteiger partial charge in [-0.1, -0.05) is 6.42 Å². The molecule has 3 aromatic heterocycles. The van der Waals surface area contributed by atoms with Gasteiger partial charge in [-0.2, -0.15) is 0 Å². The summed E-state index contributed by atoms with van der Waals surface area (Å²) in [5.74, 6) is 0.112. The Hall–Kier alpha value is -2.44. The highest BCUT2D eigenvalue weighted by Crippen LogP contribution is 2.40. The third-order valence-corrected chi connectivity index (χ3v) is 5.91. The normalized spacial score (nSPS) is 16.2. The summed E-state index contributed by atoms with van der Waals surface area (Å²) in [6.07, 6.45) is 8.89. The summed E-state index contributed by atoms with van der Waals surface area (Å²) in [4.78, 5) is 20.4. The van der Waals surface area contributed by atoms with E-state index >= 15 is 0 Å². The SMILES string of the molecule is Cc1cc(C(c2ccncc2)N2CCCCC2)c(NC(=O)c2ccco2)s1. The van der Waals surface area contributed by atoms with Crippen LogP contribution >= 0.6 is 11.3 Å². The maximum Gasteiger partial charge on any atom is 0.291 e. The van der Waals surface area contributed by atoms with Gasteiger partial charge in [0.15, 0.2) is 5.76 Å². The molecule has 4 heterocycles. The lowest BCUT2D eigenvalue weighted by Crippen LogP contribution is -2.34. The summed E-state index contributed by atoms with van der Waals surface area (Å²) < 4.78 is 5.25. The highest BCUT2D eigenvalue weighted by Gasteiger charge is 2.28. The van der Waals surface area contributed by atoms with Crippen LogP contribution in [-0.4, -0.2) is 28.9 Å². The highest BCUT2D eigenvalue weighted by atomic mass is 32.1. The number of hydrogen-bond acceptors (Lipinski definition) is 5. The largest absolute Gasteiger partial charge is 0.459 e. The number of aromatic nitrogens is 1. The summed E-state index contributed by atoms with van der Waals surface area (Å²) >= 11 is 1.61. The molecule has 140 valence electrons. The van der Waals surface area contributed by atoms with Gasteiger partial charge in [0.25, 0.3) is 5.91 Å². The molecule has 0 aliphatic carbocycles. The summed E-state index contributed by atoms with van der Waals surface area (Å²) in [5.41, 5.74) is 2.35. The topological polar surface area (TPSA) is 58.4 Å². The average molecular weight is 382 g/mol. The first kappa shape index (κ1) is 17.9. The van der Waals surface area contributed by atoms with Crippen molar-refractivity contribution >= 4 is 22.2 Å².